The fourth-order valence-corrected chi connectivity index (χ4v) is 1.54. The van der Waals surface area contributed by atoms with Gasteiger partial charge in [-0.25, -0.2) is 9.97 Å². The topological polar surface area (TPSA) is 25.8 Å². The SMILES string of the molecule is [B]c1cnc2nc(Cl)cc(Cl)c2c1. The van der Waals surface area contributed by atoms with Crippen LogP contribution in [0.25, 0.3) is 11.0 Å². The van der Waals surface area contributed by atoms with E-state index in [-0.39, 0.29) is 0 Å². The van der Waals surface area contributed by atoms with E-state index < -0.39 is 0 Å². The zero-order valence-electron chi connectivity index (χ0n) is 6.46. The van der Waals surface area contributed by atoms with Crippen LogP contribution >= 0.6 is 23.2 Å². The van der Waals surface area contributed by atoms with E-state index in [0.29, 0.717) is 26.7 Å². The molecular weight excluding hydrogens is 206 g/mol. The van der Waals surface area contributed by atoms with Gasteiger partial charge in [-0.3, -0.25) is 0 Å². The molecule has 0 saturated carbocycles. The van der Waals surface area contributed by atoms with Crippen molar-refractivity contribution in [2.75, 3.05) is 0 Å². The summed E-state index contributed by atoms with van der Waals surface area (Å²) in [6, 6.07) is 3.28. The number of aromatic nitrogens is 2. The number of halogens is 2. The molecule has 2 nitrogen and oxygen atoms in total. The van der Waals surface area contributed by atoms with Gasteiger partial charge < -0.3 is 0 Å². The van der Waals surface area contributed by atoms with Gasteiger partial charge in [0.1, 0.15) is 13.0 Å². The molecule has 5 heteroatoms. The lowest BCUT2D eigenvalue weighted by Crippen LogP contribution is -2.03. The summed E-state index contributed by atoms with van der Waals surface area (Å²) in [4.78, 5) is 7.99. The molecule has 2 rings (SSSR count). The van der Waals surface area contributed by atoms with E-state index in [4.69, 9.17) is 31.0 Å². The van der Waals surface area contributed by atoms with Crippen LogP contribution < -0.4 is 5.46 Å². The highest BCUT2D eigenvalue weighted by Gasteiger charge is 2.03. The smallest absolute Gasteiger partial charge is 0.162 e. The van der Waals surface area contributed by atoms with E-state index in [1.54, 1.807) is 12.1 Å². The van der Waals surface area contributed by atoms with Gasteiger partial charge in [0, 0.05) is 11.6 Å². The first-order chi connectivity index (χ1) is 6.16. The van der Waals surface area contributed by atoms with Crippen LogP contribution in [-0.4, -0.2) is 17.8 Å². The normalized spacial score (nSPS) is 10.6. The Hall–Kier alpha value is -0.795. The van der Waals surface area contributed by atoms with Crippen LogP contribution in [0.4, 0.5) is 0 Å². The third kappa shape index (κ3) is 1.62. The number of rotatable bonds is 0. The van der Waals surface area contributed by atoms with Crippen molar-refractivity contribution in [1.29, 1.82) is 0 Å². The predicted octanol–water partition coefficient (Wildman–Crippen LogP) is 1.73. The fraction of sp³-hybridized carbons (Fsp3) is 0. The Morgan fingerprint density at radius 3 is 2.77 bits per heavy atom. The van der Waals surface area contributed by atoms with Crippen LogP contribution in [0.5, 0.6) is 0 Å². The number of pyridine rings is 2. The van der Waals surface area contributed by atoms with E-state index in [1.807, 2.05) is 0 Å². The first-order valence-corrected chi connectivity index (χ1v) is 4.29. The number of hydrogen-bond acceptors (Lipinski definition) is 2. The minimum absolute atomic E-state index is 0.328. The van der Waals surface area contributed by atoms with Gasteiger partial charge >= 0.3 is 0 Å². The minimum Gasteiger partial charge on any atom is -0.237 e. The van der Waals surface area contributed by atoms with Crippen molar-refractivity contribution in [3.05, 3.63) is 28.5 Å². The highest BCUT2D eigenvalue weighted by Crippen LogP contribution is 2.22. The summed E-state index contributed by atoms with van der Waals surface area (Å²) in [6.07, 6.45) is 1.52. The van der Waals surface area contributed by atoms with Crippen molar-refractivity contribution in [3.8, 4) is 0 Å². The monoisotopic (exact) mass is 208 g/mol. The molecule has 0 saturated heterocycles. The second-order valence-corrected chi connectivity index (χ2v) is 3.36. The molecule has 0 aromatic carbocycles. The molecule has 0 amide bonds. The molecule has 0 N–H and O–H groups in total. The first kappa shape index (κ1) is 8.79. The molecule has 2 aromatic rings. The largest absolute Gasteiger partial charge is 0.237 e. The summed E-state index contributed by atoms with van der Waals surface area (Å²) in [5.74, 6) is 0. The summed E-state index contributed by atoms with van der Waals surface area (Å²) in [5, 5.41) is 1.55. The summed E-state index contributed by atoms with van der Waals surface area (Å²) < 4.78 is 0. The average Bonchev–Trinajstić information content (AvgIpc) is 2.06. The maximum absolute atomic E-state index is 5.91. The molecular formula is C8H3BCl2N2. The highest BCUT2D eigenvalue weighted by atomic mass is 35.5. The molecule has 0 aliphatic heterocycles. The molecule has 0 atom stereocenters. The van der Waals surface area contributed by atoms with Gasteiger partial charge in [0.2, 0.25) is 0 Å². The number of nitrogens with zero attached hydrogens (tertiary/aromatic N) is 2. The van der Waals surface area contributed by atoms with E-state index in [9.17, 15) is 0 Å². The molecule has 0 bridgehead atoms. The molecule has 62 valence electrons. The molecule has 0 aliphatic carbocycles. The Labute approximate surface area is 86.3 Å². The molecule has 0 fully saturated rings. The molecule has 2 heterocycles. The standard InChI is InChI=1S/C8H3BCl2N2/c9-4-1-5-6(10)2-7(11)13-8(5)12-3-4/h1-3H. The number of hydrogen-bond donors (Lipinski definition) is 0. The Kier molecular flexibility index (Phi) is 2.14. The van der Waals surface area contributed by atoms with Crippen LogP contribution in [-0.2, 0) is 0 Å². The second-order valence-electron chi connectivity index (χ2n) is 2.57. The van der Waals surface area contributed by atoms with Crippen molar-refractivity contribution in [2.24, 2.45) is 0 Å². The molecule has 0 unspecified atom stereocenters. The van der Waals surface area contributed by atoms with Crippen LogP contribution in [0.2, 0.25) is 10.2 Å². The van der Waals surface area contributed by atoms with Crippen LogP contribution in [0.15, 0.2) is 18.3 Å². The summed E-state index contributed by atoms with van der Waals surface area (Å²) in [6.45, 7) is 0. The van der Waals surface area contributed by atoms with Gasteiger partial charge in [-0.1, -0.05) is 34.7 Å². The van der Waals surface area contributed by atoms with E-state index in [2.05, 4.69) is 9.97 Å². The second kappa shape index (κ2) is 3.16. The Morgan fingerprint density at radius 1 is 1.23 bits per heavy atom. The van der Waals surface area contributed by atoms with Crippen molar-refractivity contribution >= 4 is 47.5 Å². The average molecular weight is 209 g/mol. The maximum atomic E-state index is 5.91. The van der Waals surface area contributed by atoms with Crippen LogP contribution in [0.3, 0.4) is 0 Å². The Morgan fingerprint density at radius 2 is 2.00 bits per heavy atom. The van der Waals surface area contributed by atoms with Crippen LogP contribution in [0.1, 0.15) is 0 Å². The van der Waals surface area contributed by atoms with E-state index in [0.717, 1.165) is 0 Å². The fourth-order valence-electron chi connectivity index (χ4n) is 1.05. The van der Waals surface area contributed by atoms with Gasteiger partial charge in [-0.05, 0) is 6.07 Å². The maximum Gasteiger partial charge on any atom is 0.162 e. The van der Waals surface area contributed by atoms with Gasteiger partial charge in [0.25, 0.3) is 0 Å². The van der Waals surface area contributed by atoms with E-state index in [1.165, 1.54) is 6.20 Å². The zero-order valence-corrected chi connectivity index (χ0v) is 7.97. The molecule has 2 radical (unpaired) electrons. The van der Waals surface area contributed by atoms with Crippen LogP contribution in [0, 0.1) is 0 Å². The summed E-state index contributed by atoms with van der Waals surface area (Å²) in [7, 11) is 5.55. The van der Waals surface area contributed by atoms with Crippen molar-refractivity contribution < 1.29 is 0 Å². The highest BCUT2D eigenvalue weighted by molar-refractivity contribution is 6.39. The third-order valence-electron chi connectivity index (χ3n) is 1.60. The molecule has 2 aromatic heterocycles. The summed E-state index contributed by atoms with van der Waals surface area (Å²) in [5.41, 5.74) is 1.06. The first-order valence-electron chi connectivity index (χ1n) is 3.54. The third-order valence-corrected chi connectivity index (χ3v) is 2.11. The lowest BCUT2D eigenvalue weighted by molar-refractivity contribution is 1.30. The quantitative estimate of drug-likeness (QED) is 0.487. The Balaban J connectivity index is 2.87. The molecule has 13 heavy (non-hydrogen) atoms. The summed E-state index contributed by atoms with van der Waals surface area (Å²) >= 11 is 11.6. The predicted molar refractivity (Wildman–Crippen MR) is 54.9 cm³/mol. The molecule has 0 aliphatic rings. The van der Waals surface area contributed by atoms with Crippen molar-refractivity contribution in [2.45, 2.75) is 0 Å². The van der Waals surface area contributed by atoms with Gasteiger partial charge in [-0.2, -0.15) is 0 Å². The molecule has 0 spiro atoms. The minimum atomic E-state index is 0.328. The van der Waals surface area contributed by atoms with Gasteiger partial charge in [-0.15, -0.1) is 0 Å². The number of fused-ring (bicyclic) bond motifs is 1. The van der Waals surface area contributed by atoms with Crippen molar-refractivity contribution in [3.63, 3.8) is 0 Å². The van der Waals surface area contributed by atoms with Crippen molar-refractivity contribution in [1.82, 2.24) is 9.97 Å². The van der Waals surface area contributed by atoms with E-state index >= 15 is 0 Å². The Bertz CT molecular complexity index is 473. The zero-order chi connectivity index (χ0) is 9.42. The lowest BCUT2D eigenvalue weighted by Gasteiger charge is -2.00. The van der Waals surface area contributed by atoms with Gasteiger partial charge in [0.05, 0.1) is 5.02 Å². The lowest BCUT2D eigenvalue weighted by atomic mass is 9.98. The van der Waals surface area contributed by atoms with Gasteiger partial charge in [0.15, 0.2) is 5.65 Å².